The Morgan fingerprint density at radius 1 is 1.18 bits per heavy atom. The van der Waals surface area contributed by atoms with Crippen molar-refractivity contribution in [3.05, 3.63) is 0 Å². The van der Waals surface area contributed by atoms with Crippen LogP contribution in [0.2, 0.25) is 0 Å². The summed E-state index contributed by atoms with van der Waals surface area (Å²) in [6, 6.07) is 0. The second-order valence-corrected chi connectivity index (χ2v) is 5.94. The summed E-state index contributed by atoms with van der Waals surface area (Å²) in [5.74, 6) is 0.674. The fraction of sp³-hybridized carbons (Fsp3) is 0.818. The average molecular weight is 314 g/mol. The lowest BCUT2D eigenvalue weighted by Gasteiger charge is -2.16. The topological polar surface area (TPSA) is 12.5 Å². The van der Waals surface area contributed by atoms with Gasteiger partial charge < -0.3 is 9.64 Å². The maximum atomic E-state index is 4.95. The van der Waals surface area contributed by atoms with E-state index < -0.39 is 0 Å². The Morgan fingerprint density at radius 3 is 1.82 bits per heavy atom. The number of rotatable bonds is 5. The fourth-order valence-electron chi connectivity index (χ4n) is 0.876. The van der Waals surface area contributed by atoms with E-state index >= 15 is 0 Å². The van der Waals surface area contributed by atoms with E-state index in [4.69, 9.17) is 17.0 Å². The van der Waals surface area contributed by atoms with Gasteiger partial charge in [-0.05, 0) is 38.4 Å². The highest BCUT2D eigenvalue weighted by atomic mass is 32.1. The molecular formula is C11H23NOS4. The van der Waals surface area contributed by atoms with E-state index in [9.17, 15) is 0 Å². The van der Waals surface area contributed by atoms with E-state index in [0.29, 0.717) is 21.2 Å². The van der Waals surface area contributed by atoms with Crippen LogP contribution in [0.4, 0.5) is 0 Å². The third-order valence-corrected chi connectivity index (χ3v) is 2.74. The molecule has 102 valence electrons. The Hall–Kier alpha value is 0.480. The zero-order valence-electron chi connectivity index (χ0n) is 11.0. The zero-order valence-corrected chi connectivity index (χ0v) is 14.4. The minimum atomic E-state index is 0.343. The largest absolute Gasteiger partial charge is 0.479 e. The second-order valence-electron chi connectivity index (χ2n) is 3.75. The first-order valence-electron chi connectivity index (χ1n) is 5.68. The summed E-state index contributed by atoms with van der Waals surface area (Å²) in [5, 5.41) is 0. The quantitative estimate of drug-likeness (QED) is 0.591. The summed E-state index contributed by atoms with van der Waals surface area (Å²) >= 11 is 17.2. The van der Waals surface area contributed by atoms with Gasteiger partial charge in [0, 0.05) is 13.1 Å². The summed E-state index contributed by atoms with van der Waals surface area (Å²) in [7, 11) is 0. The highest BCUT2D eigenvalue weighted by molar-refractivity contribution is 8.11. The van der Waals surface area contributed by atoms with Crippen molar-refractivity contribution in [2.75, 3.05) is 19.7 Å². The monoisotopic (exact) mass is 313 g/mol. The van der Waals surface area contributed by atoms with Crippen LogP contribution in [-0.2, 0) is 4.74 Å². The number of nitrogens with zero attached hydrogens (tertiary/aromatic N) is 1. The third kappa shape index (κ3) is 16.5. The first-order chi connectivity index (χ1) is 7.84. The van der Waals surface area contributed by atoms with Crippen LogP contribution >= 0.6 is 49.7 Å². The third-order valence-electron chi connectivity index (χ3n) is 1.95. The van der Waals surface area contributed by atoms with Crippen LogP contribution in [0.25, 0.3) is 0 Å². The standard InChI is InChI=1S/C6H12OS2.C5H11NS2/c1-5(2)3-4-7-6(8)9;1-3-6(4-2)5(7)8/h5H,3-4H2,1-2H3,(H,8,9);3-4H2,1-2H3,(H,7,8). The molecule has 0 N–H and O–H groups in total. The molecule has 0 rings (SSSR count). The van der Waals surface area contributed by atoms with Gasteiger partial charge in [0.15, 0.2) is 0 Å². The molecule has 0 aromatic rings. The normalized spacial score (nSPS) is 9.35. The summed E-state index contributed by atoms with van der Waals surface area (Å²) in [6.07, 6.45) is 1.04. The van der Waals surface area contributed by atoms with Gasteiger partial charge in [0.2, 0.25) is 4.38 Å². The van der Waals surface area contributed by atoms with Gasteiger partial charge >= 0.3 is 0 Å². The zero-order chi connectivity index (χ0) is 13.8. The Bertz CT molecular complexity index is 218. The van der Waals surface area contributed by atoms with Crippen molar-refractivity contribution in [1.82, 2.24) is 4.90 Å². The maximum absolute atomic E-state index is 4.95. The molecule has 0 bridgehead atoms. The smallest absolute Gasteiger partial charge is 0.216 e. The maximum Gasteiger partial charge on any atom is 0.216 e. The van der Waals surface area contributed by atoms with Crippen molar-refractivity contribution in [2.45, 2.75) is 34.1 Å². The van der Waals surface area contributed by atoms with Crippen molar-refractivity contribution < 1.29 is 4.74 Å². The minimum Gasteiger partial charge on any atom is -0.479 e. The number of thiocarbonyl (C=S) groups is 2. The molecule has 6 heteroatoms. The van der Waals surface area contributed by atoms with E-state index in [1.807, 2.05) is 4.90 Å². The lowest BCUT2D eigenvalue weighted by Crippen LogP contribution is -2.24. The molecular weight excluding hydrogens is 290 g/mol. The number of hydrogen-bond acceptors (Lipinski definition) is 3. The molecule has 17 heavy (non-hydrogen) atoms. The Morgan fingerprint density at radius 2 is 1.65 bits per heavy atom. The molecule has 0 saturated heterocycles. The molecule has 0 heterocycles. The number of thiol groups is 2. The predicted molar refractivity (Wildman–Crippen MR) is 91.5 cm³/mol. The molecule has 0 unspecified atom stereocenters. The van der Waals surface area contributed by atoms with Crippen LogP contribution < -0.4 is 0 Å². The van der Waals surface area contributed by atoms with Gasteiger partial charge in [0.05, 0.1) is 6.61 Å². The van der Waals surface area contributed by atoms with Crippen LogP contribution in [0, 0.1) is 5.92 Å². The molecule has 0 aliphatic rings. The van der Waals surface area contributed by atoms with Gasteiger partial charge in [-0.3, -0.25) is 0 Å². The van der Waals surface area contributed by atoms with Gasteiger partial charge in [-0.15, -0.1) is 12.6 Å². The molecule has 0 amide bonds. The van der Waals surface area contributed by atoms with Crippen LogP contribution in [-0.4, -0.2) is 33.3 Å². The highest BCUT2D eigenvalue weighted by Crippen LogP contribution is 2.00. The second kappa shape index (κ2) is 12.9. The highest BCUT2D eigenvalue weighted by Gasteiger charge is 1.96. The predicted octanol–water partition coefficient (Wildman–Crippen LogP) is 3.81. The Balaban J connectivity index is 0. The van der Waals surface area contributed by atoms with Gasteiger partial charge in [-0.1, -0.05) is 38.7 Å². The molecule has 2 nitrogen and oxygen atoms in total. The van der Waals surface area contributed by atoms with Crippen molar-refractivity contribution >= 4 is 58.4 Å². The summed E-state index contributed by atoms with van der Waals surface area (Å²) in [5.41, 5.74) is 0. The lowest BCUT2D eigenvalue weighted by atomic mass is 10.1. The average Bonchev–Trinajstić information content (AvgIpc) is 2.18. The van der Waals surface area contributed by atoms with Crippen molar-refractivity contribution in [2.24, 2.45) is 5.92 Å². The van der Waals surface area contributed by atoms with Crippen molar-refractivity contribution in [3.8, 4) is 0 Å². The fourth-order valence-corrected chi connectivity index (χ4v) is 1.59. The molecule has 0 aliphatic heterocycles. The van der Waals surface area contributed by atoms with Gasteiger partial charge in [0.1, 0.15) is 4.32 Å². The van der Waals surface area contributed by atoms with E-state index in [1.54, 1.807) is 0 Å². The van der Waals surface area contributed by atoms with Crippen LogP contribution in [0.15, 0.2) is 0 Å². The number of hydrogen-bond donors (Lipinski definition) is 2. The summed E-state index contributed by atoms with van der Waals surface area (Å²) in [4.78, 5) is 2.01. The van der Waals surface area contributed by atoms with Crippen LogP contribution in [0.1, 0.15) is 34.1 Å². The summed E-state index contributed by atoms with van der Waals surface area (Å²) in [6.45, 7) is 11.0. The molecule has 0 atom stereocenters. The Kier molecular flexibility index (Phi) is 15.1. The molecule has 0 saturated carbocycles. The number of ether oxygens (including phenoxy) is 1. The van der Waals surface area contributed by atoms with E-state index in [-0.39, 0.29) is 0 Å². The molecule has 0 aromatic carbocycles. The first kappa shape index (κ1) is 19.8. The van der Waals surface area contributed by atoms with Crippen molar-refractivity contribution in [1.29, 1.82) is 0 Å². The van der Waals surface area contributed by atoms with Crippen LogP contribution in [0.3, 0.4) is 0 Å². The van der Waals surface area contributed by atoms with E-state index in [0.717, 1.165) is 19.5 Å². The van der Waals surface area contributed by atoms with Crippen LogP contribution in [0.5, 0.6) is 0 Å². The first-order valence-corrected chi connectivity index (χ1v) is 7.39. The molecule has 0 aliphatic carbocycles. The minimum absolute atomic E-state index is 0.343. The molecule has 0 fully saturated rings. The Labute approximate surface area is 127 Å². The lowest BCUT2D eigenvalue weighted by molar-refractivity contribution is 0.292. The van der Waals surface area contributed by atoms with E-state index in [1.165, 1.54) is 0 Å². The van der Waals surface area contributed by atoms with E-state index in [2.05, 4.69) is 65.2 Å². The SMILES string of the molecule is CC(C)CCOC(=S)S.CCN(CC)C(=S)S. The summed E-state index contributed by atoms with van der Waals surface area (Å²) < 4.78 is 5.98. The van der Waals surface area contributed by atoms with Gasteiger partial charge in [-0.25, -0.2) is 0 Å². The molecule has 0 aromatic heterocycles. The molecule has 0 spiro atoms. The molecule has 0 radical (unpaired) electrons. The van der Waals surface area contributed by atoms with Gasteiger partial charge in [-0.2, -0.15) is 0 Å². The van der Waals surface area contributed by atoms with Crippen molar-refractivity contribution in [3.63, 3.8) is 0 Å². The van der Waals surface area contributed by atoms with Gasteiger partial charge in [0.25, 0.3) is 0 Å².